The predicted molar refractivity (Wildman–Crippen MR) is 102 cm³/mol. The molecule has 0 aromatic heterocycles. The molecule has 1 aliphatic heterocycles. The van der Waals surface area contributed by atoms with Crippen molar-refractivity contribution in [3.63, 3.8) is 0 Å². The van der Waals surface area contributed by atoms with Gasteiger partial charge in [-0.3, -0.25) is 0 Å². The number of nitrogens with zero attached hydrogens (tertiary/aromatic N) is 1. The number of ether oxygens (including phenoxy) is 1. The first-order valence-electron chi connectivity index (χ1n) is 7.85. The molecular formula is C20H24ClNO2. The van der Waals surface area contributed by atoms with E-state index >= 15 is 0 Å². The number of fused-ring (bicyclic) bond motifs is 1. The second kappa shape index (κ2) is 6.78. The van der Waals surface area contributed by atoms with Gasteiger partial charge in [-0.05, 0) is 50.6 Å². The zero-order chi connectivity index (χ0) is 16.6. The van der Waals surface area contributed by atoms with E-state index in [4.69, 9.17) is 4.74 Å². The van der Waals surface area contributed by atoms with Crippen molar-refractivity contribution >= 4 is 23.7 Å². The number of phenols is 1. The second-order valence-corrected chi connectivity index (χ2v) is 6.58. The summed E-state index contributed by atoms with van der Waals surface area (Å²) >= 11 is 0. The number of hydrogen-bond acceptors (Lipinski definition) is 3. The maximum atomic E-state index is 9.83. The van der Waals surface area contributed by atoms with Crippen LogP contribution in [-0.4, -0.2) is 17.8 Å². The van der Waals surface area contributed by atoms with E-state index in [-0.39, 0.29) is 17.9 Å². The van der Waals surface area contributed by atoms with E-state index in [0.29, 0.717) is 5.75 Å². The summed E-state index contributed by atoms with van der Waals surface area (Å²) in [7, 11) is 1.70. The Morgan fingerprint density at radius 2 is 1.83 bits per heavy atom. The van der Waals surface area contributed by atoms with Gasteiger partial charge in [0.1, 0.15) is 11.5 Å². The lowest BCUT2D eigenvalue weighted by atomic mass is 9.88. The molecule has 1 heterocycles. The Morgan fingerprint density at radius 1 is 1.12 bits per heavy atom. The van der Waals surface area contributed by atoms with E-state index in [1.54, 1.807) is 13.2 Å². The molecular weight excluding hydrogens is 322 g/mol. The fourth-order valence-corrected chi connectivity index (χ4v) is 3.36. The van der Waals surface area contributed by atoms with E-state index in [0.717, 1.165) is 29.1 Å². The van der Waals surface area contributed by atoms with Crippen LogP contribution in [0, 0.1) is 0 Å². The van der Waals surface area contributed by atoms with E-state index in [1.807, 2.05) is 30.3 Å². The van der Waals surface area contributed by atoms with E-state index in [9.17, 15) is 5.11 Å². The highest BCUT2D eigenvalue weighted by atomic mass is 35.5. The minimum atomic E-state index is -0.116. The van der Waals surface area contributed by atoms with Gasteiger partial charge in [-0.15, -0.1) is 12.4 Å². The molecule has 24 heavy (non-hydrogen) atoms. The van der Waals surface area contributed by atoms with E-state index in [2.05, 4.69) is 37.8 Å². The summed E-state index contributed by atoms with van der Waals surface area (Å²) in [4.78, 5) is 2.35. The average molecular weight is 346 g/mol. The molecule has 0 bridgehead atoms. The van der Waals surface area contributed by atoms with Crippen molar-refractivity contribution in [1.82, 2.24) is 0 Å². The third kappa shape index (κ3) is 3.22. The zero-order valence-corrected chi connectivity index (χ0v) is 15.4. The number of para-hydroxylation sites is 1. The van der Waals surface area contributed by atoms with Crippen LogP contribution in [0.2, 0.25) is 0 Å². The van der Waals surface area contributed by atoms with Gasteiger partial charge in [0.2, 0.25) is 0 Å². The van der Waals surface area contributed by atoms with Gasteiger partial charge in [0, 0.05) is 23.4 Å². The Kier molecular flexibility index (Phi) is 5.14. The van der Waals surface area contributed by atoms with Gasteiger partial charge >= 0.3 is 0 Å². The third-order valence-electron chi connectivity index (χ3n) is 4.48. The molecule has 0 saturated heterocycles. The number of rotatable bonds is 3. The fraction of sp³-hybridized carbons (Fsp3) is 0.300. The molecule has 1 N–H and O–H groups in total. The van der Waals surface area contributed by atoms with Crippen LogP contribution in [0.4, 0.5) is 5.69 Å². The van der Waals surface area contributed by atoms with Crippen LogP contribution in [0.1, 0.15) is 31.9 Å². The lowest BCUT2D eigenvalue weighted by Gasteiger charge is -2.43. The van der Waals surface area contributed by atoms with Gasteiger partial charge in [-0.25, -0.2) is 0 Å². The lowest BCUT2D eigenvalue weighted by molar-refractivity contribution is 0.407. The monoisotopic (exact) mass is 345 g/mol. The van der Waals surface area contributed by atoms with Crippen LogP contribution < -0.4 is 9.64 Å². The van der Waals surface area contributed by atoms with Gasteiger partial charge in [0.05, 0.1) is 12.6 Å². The first-order chi connectivity index (χ1) is 10.9. The highest BCUT2D eigenvalue weighted by molar-refractivity contribution is 5.85. The molecule has 2 aromatic rings. The number of methoxy groups -OCH3 is 1. The molecule has 0 saturated carbocycles. The highest BCUT2D eigenvalue weighted by Crippen LogP contribution is 2.41. The minimum absolute atomic E-state index is 0. The normalized spacial score (nSPS) is 15.2. The summed E-state index contributed by atoms with van der Waals surface area (Å²) in [5, 5.41) is 9.83. The van der Waals surface area contributed by atoms with Crippen molar-refractivity contribution in [2.24, 2.45) is 0 Å². The standard InChI is InChI=1S/C20H23NO2.ClH/c1-14-12-20(2,3)21(18-10-9-16(22)11-17(14)18)13-15-7-5-6-8-19(15)23-4;/h5-12,22H,13H2,1-4H3;1H. The number of halogens is 1. The summed E-state index contributed by atoms with van der Waals surface area (Å²) in [5.41, 5.74) is 4.44. The molecule has 4 heteroatoms. The maximum absolute atomic E-state index is 9.83. The Labute approximate surface area is 150 Å². The molecule has 3 nitrogen and oxygen atoms in total. The molecule has 1 aliphatic rings. The predicted octanol–water partition coefficient (Wildman–Crippen LogP) is 5.02. The summed E-state index contributed by atoms with van der Waals surface area (Å²) in [6.07, 6.45) is 2.25. The Bertz CT molecular complexity index is 768. The second-order valence-electron chi connectivity index (χ2n) is 6.58. The van der Waals surface area contributed by atoms with Crippen molar-refractivity contribution in [2.75, 3.05) is 12.0 Å². The molecule has 0 unspecified atom stereocenters. The molecule has 2 aromatic carbocycles. The number of phenolic OH excluding ortho intramolecular Hbond substituents is 1. The largest absolute Gasteiger partial charge is 0.508 e. The molecule has 0 aliphatic carbocycles. The van der Waals surface area contributed by atoms with Gasteiger partial charge in [-0.2, -0.15) is 0 Å². The molecule has 0 amide bonds. The summed E-state index contributed by atoms with van der Waals surface area (Å²) in [6.45, 7) is 7.27. The maximum Gasteiger partial charge on any atom is 0.123 e. The van der Waals surface area contributed by atoms with Gasteiger partial charge in [0.15, 0.2) is 0 Å². The summed E-state index contributed by atoms with van der Waals surface area (Å²) < 4.78 is 5.50. The quantitative estimate of drug-likeness (QED) is 0.847. The Hall–Kier alpha value is -2.13. The Balaban J connectivity index is 0.00000208. The number of anilines is 1. The fourth-order valence-electron chi connectivity index (χ4n) is 3.36. The van der Waals surface area contributed by atoms with Crippen LogP contribution in [0.15, 0.2) is 48.5 Å². The van der Waals surface area contributed by atoms with Crippen molar-refractivity contribution in [3.8, 4) is 11.5 Å². The zero-order valence-electron chi connectivity index (χ0n) is 14.5. The van der Waals surface area contributed by atoms with Crippen LogP contribution in [0.5, 0.6) is 11.5 Å². The smallest absolute Gasteiger partial charge is 0.123 e. The van der Waals surface area contributed by atoms with Gasteiger partial charge in [-0.1, -0.05) is 24.3 Å². The average Bonchev–Trinajstić information content (AvgIpc) is 2.51. The van der Waals surface area contributed by atoms with Crippen molar-refractivity contribution in [1.29, 1.82) is 0 Å². The first kappa shape index (κ1) is 18.2. The molecule has 128 valence electrons. The molecule has 0 fully saturated rings. The van der Waals surface area contributed by atoms with E-state index in [1.165, 1.54) is 5.57 Å². The van der Waals surface area contributed by atoms with Crippen LogP contribution in [0.3, 0.4) is 0 Å². The molecule has 0 radical (unpaired) electrons. The van der Waals surface area contributed by atoms with Crippen LogP contribution in [-0.2, 0) is 6.54 Å². The minimum Gasteiger partial charge on any atom is -0.508 e. The van der Waals surface area contributed by atoms with Crippen molar-refractivity contribution in [3.05, 3.63) is 59.7 Å². The van der Waals surface area contributed by atoms with Gasteiger partial charge < -0.3 is 14.7 Å². The summed E-state index contributed by atoms with van der Waals surface area (Å²) in [5.74, 6) is 1.20. The topological polar surface area (TPSA) is 32.7 Å². The molecule has 0 spiro atoms. The number of hydrogen-bond donors (Lipinski definition) is 1. The SMILES string of the molecule is COc1ccccc1CN1c2ccc(O)cc2C(C)=CC1(C)C.Cl. The third-order valence-corrected chi connectivity index (χ3v) is 4.48. The van der Waals surface area contributed by atoms with Crippen LogP contribution in [0.25, 0.3) is 5.57 Å². The highest BCUT2D eigenvalue weighted by Gasteiger charge is 2.31. The van der Waals surface area contributed by atoms with Crippen LogP contribution >= 0.6 is 12.4 Å². The summed E-state index contributed by atoms with van der Waals surface area (Å²) in [6, 6.07) is 13.7. The first-order valence-corrected chi connectivity index (χ1v) is 7.85. The number of benzene rings is 2. The van der Waals surface area contributed by atoms with Gasteiger partial charge in [0.25, 0.3) is 0 Å². The van der Waals surface area contributed by atoms with E-state index < -0.39 is 0 Å². The number of allylic oxidation sites excluding steroid dienone is 1. The van der Waals surface area contributed by atoms with Crippen molar-refractivity contribution < 1.29 is 9.84 Å². The number of aromatic hydroxyl groups is 1. The molecule has 3 rings (SSSR count). The molecule has 0 atom stereocenters. The Morgan fingerprint density at radius 3 is 2.54 bits per heavy atom. The van der Waals surface area contributed by atoms with Crippen molar-refractivity contribution in [2.45, 2.75) is 32.9 Å². The lowest BCUT2D eigenvalue weighted by Crippen LogP contribution is -2.44.